The number of rotatable bonds is 0. The molecule has 0 unspecified atom stereocenters. The zero-order valence-electron chi connectivity index (χ0n) is 12.8. The molecule has 0 fully saturated rings. The average molecular weight is 282 g/mol. The van der Waals surface area contributed by atoms with Gasteiger partial charge in [0, 0.05) is 0 Å². The normalized spacial score (nSPS) is 21.6. The molecule has 0 aromatic rings. The maximum absolute atomic E-state index is 4.77. The fourth-order valence-electron chi connectivity index (χ4n) is 2.43. The Labute approximate surface area is 123 Å². The highest BCUT2D eigenvalue weighted by Gasteiger charge is 1.94. The Kier molecular flexibility index (Phi) is 12.2. The standard InChI is InChI=1S/C16H30N2O2/c1-2-4-6-8-10-12-14-16-19-20-18-17-15-13-11-9-7-5-3-1/h14,16H,1-13,15H2. The quantitative estimate of drug-likeness (QED) is 0.519. The van der Waals surface area contributed by atoms with Gasteiger partial charge in [-0.15, -0.1) is 10.1 Å². The summed E-state index contributed by atoms with van der Waals surface area (Å²) in [5, 5.41) is 7.42. The Hall–Kier alpha value is -1.06. The van der Waals surface area contributed by atoms with Crippen LogP contribution in [0.1, 0.15) is 83.5 Å². The lowest BCUT2D eigenvalue weighted by Gasteiger charge is -2.02. The van der Waals surface area contributed by atoms with Gasteiger partial charge >= 0.3 is 0 Å². The summed E-state index contributed by atoms with van der Waals surface area (Å²) < 4.78 is 0. The van der Waals surface area contributed by atoms with Crippen molar-refractivity contribution in [2.45, 2.75) is 83.5 Å². The van der Waals surface area contributed by atoms with E-state index in [1.165, 1.54) is 70.6 Å². The number of allylic oxidation sites excluding steroid dienone is 1. The number of nitrogens with zero attached hydrogens (tertiary/aromatic N) is 2. The molecular formula is C16H30N2O2. The molecule has 0 N–H and O–H groups in total. The topological polar surface area (TPSA) is 43.2 Å². The van der Waals surface area contributed by atoms with E-state index in [9.17, 15) is 0 Å². The van der Waals surface area contributed by atoms with Gasteiger partial charge in [-0.3, -0.25) is 4.89 Å². The molecule has 0 aromatic carbocycles. The second kappa shape index (κ2) is 14.4. The summed E-state index contributed by atoms with van der Waals surface area (Å²) in [6, 6.07) is 0. The van der Waals surface area contributed by atoms with Crippen LogP contribution in [-0.2, 0) is 9.88 Å². The summed E-state index contributed by atoms with van der Waals surface area (Å²) in [4.78, 5) is 9.36. The van der Waals surface area contributed by atoms with Crippen molar-refractivity contribution < 1.29 is 9.88 Å². The van der Waals surface area contributed by atoms with Gasteiger partial charge in [-0.05, 0) is 25.3 Å². The first-order valence-corrected chi connectivity index (χ1v) is 8.34. The van der Waals surface area contributed by atoms with E-state index in [0.717, 1.165) is 19.4 Å². The molecule has 0 spiro atoms. The van der Waals surface area contributed by atoms with E-state index in [1.54, 1.807) is 6.26 Å². The van der Waals surface area contributed by atoms with Crippen molar-refractivity contribution in [3.05, 3.63) is 12.3 Å². The summed E-state index contributed by atoms with van der Waals surface area (Å²) in [5.41, 5.74) is 0. The van der Waals surface area contributed by atoms with Crippen LogP contribution in [0.3, 0.4) is 0 Å². The fourth-order valence-corrected chi connectivity index (χ4v) is 2.43. The SMILES string of the molecule is C1=COON=NCCCCCCCCCCCCCC1. The van der Waals surface area contributed by atoms with Crippen LogP contribution < -0.4 is 0 Å². The van der Waals surface area contributed by atoms with Crippen molar-refractivity contribution in [1.82, 2.24) is 0 Å². The first kappa shape index (κ1) is 17.0. The van der Waals surface area contributed by atoms with Crippen molar-refractivity contribution in [1.29, 1.82) is 0 Å². The minimum Gasteiger partial charge on any atom is -0.274 e. The molecule has 4 nitrogen and oxygen atoms in total. The van der Waals surface area contributed by atoms with Crippen LogP contribution in [0.2, 0.25) is 0 Å². The largest absolute Gasteiger partial charge is 0.274 e. The van der Waals surface area contributed by atoms with Gasteiger partial charge in [0.15, 0.2) is 0 Å². The highest BCUT2D eigenvalue weighted by Crippen LogP contribution is 2.12. The molecule has 0 atom stereocenters. The van der Waals surface area contributed by atoms with Gasteiger partial charge in [0.1, 0.15) is 6.26 Å². The smallest absolute Gasteiger partial charge is 0.141 e. The molecule has 0 aromatic heterocycles. The molecule has 1 heterocycles. The van der Waals surface area contributed by atoms with Crippen molar-refractivity contribution >= 4 is 0 Å². The van der Waals surface area contributed by atoms with Gasteiger partial charge in [-0.1, -0.05) is 64.2 Å². The predicted octanol–water partition coefficient (Wildman–Crippen LogP) is 5.90. The molecule has 1 aliphatic heterocycles. The molecule has 1 rings (SSSR count). The molecule has 4 heteroatoms. The molecule has 0 saturated heterocycles. The highest BCUT2D eigenvalue weighted by atomic mass is 17.3. The summed E-state index contributed by atoms with van der Waals surface area (Å²) in [5.74, 6) is 0. The molecule has 20 heavy (non-hydrogen) atoms. The monoisotopic (exact) mass is 282 g/mol. The third kappa shape index (κ3) is 12.0. The zero-order chi connectivity index (χ0) is 14.1. The van der Waals surface area contributed by atoms with Crippen molar-refractivity contribution in [3.63, 3.8) is 0 Å². The molecule has 0 aliphatic carbocycles. The zero-order valence-corrected chi connectivity index (χ0v) is 12.8. The third-order valence-electron chi connectivity index (χ3n) is 3.66. The number of hydrogen-bond acceptors (Lipinski definition) is 4. The van der Waals surface area contributed by atoms with Gasteiger partial charge in [0.25, 0.3) is 0 Å². The summed E-state index contributed by atoms with van der Waals surface area (Å²) in [6.45, 7) is 0.729. The Bertz CT molecular complexity index is 229. The van der Waals surface area contributed by atoms with Gasteiger partial charge in [-0.2, -0.15) is 0 Å². The Morgan fingerprint density at radius 2 is 1.20 bits per heavy atom. The molecule has 0 saturated carbocycles. The van der Waals surface area contributed by atoms with Crippen LogP contribution in [-0.4, -0.2) is 6.54 Å². The first-order valence-electron chi connectivity index (χ1n) is 8.34. The summed E-state index contributed by atoms with van der Waals surface area (Å²) in [6.07, 6.45) is 20.5. The molecule has 1 aliphatic rings. The van der Waals surface area contributed by atoms with Crippen LogP contribution in [0.5, 0.6) is 0 Å². The Balaban J connectivity index is 2.11. The van der Waals surface area contributed by atoms with Gasteiger partial charge in [0.2, 0.25) is 0 Å². The third-order valence-corrected chi connectivity index (χ3v) is 3.66. The van der Waals surface area contributed by atoms with Crippen LogP contribution >= 0.6 is 0 Å². The van der Waals surface area contributed by atoms with E-state index in [0.29, 0.717) is 0 Å². The lowest BCUT2D eigenvalue weighted by atomic mass is 10.0. The van der Waals surface area contributed by atoms with E-state index in [4.69, 9.17) is 4.89 Å². The van der Waals surface area contributed by atoms with Gasteiger partial charge < -0.3 is 0 Å². The molecule has 0 radical (unpaired) electrons. The average Bonchev–Trinajstić information content (AvgIpc) is 2.46. The second-order valence-corrected chi connectivity index (χ2v) is 5.52. The predicted molar refractivity (Wildman–Crippen MR) is 81.1 cm³/mol. The van der Waals surface area contributed by atoms with E-state index in [1.807, 2.05) is 6.08 Å². The maximum atomic E-state index is 4.77. The van der Waals surface area contributed by atoms with Crippen LogP contribution in [0, 0.1) is 0 Å². The Morgan fingerprint density at radius 1 is 0.650 bits per heavy atom. The summed E-state index contributed by atoms with van der Waals surface area (Å²) in [7, 11) is 0. The molecule has 0 amide bonds. The lowest BCUT2D eigenvalue weighted by molar-refractivity contribution is -0.257. The minimum absolute atomic E-state index is 0.729. The lowest BCUT2D eigenvalue weighted by Crippen LogP contribution is -1.85. The Morgan fingerprint density at radius 3 is 1.85 bits per heavy atom. The first-order chi connectivity index (χ1) is 10.0. The van der Waals surface area contributed by atoms with Crippen LogP contribution in [0.4, 0.5) is 0 Å². The number of hydrogen-bond donors (Lipinski definition) is 0. The fraction of sp³-hybridized carbons (Fsp3) is 0.875. The van der Waals surface area contributed by atoms with Crippen molar-refractivity contribution in [2.24, 2.45) is 10.4 Å². The van der Waals surface area contributed by atoms with E-state index in [2.05, 4.69) is 15.4 Å². The molecule has 0 bridgehead atoms. The van der Waals surface area contributed by atoms with E-state index in [-0.39, 0.29) is 0 Å². The van der Waals surface area contributed by atoms with Crippen LogP contribution in [0.15, 0.2) is 22.7 Å². The van der Waals surface area contributed by atoms with E-state index < -0.39 is 0 Å². The second-order valence-electron chi connectivity index (χ2n) is 5.52. The van der Waals surface area contributed by atoms with E-state index >= 15 is 0 Å². The minimum atomic E-state index is 0.729. The van der Waals surface area contributed by atoms with Gasteiger partial charge in [-0.25, -0.2) is 0 Å². The van der Waals surface area contributed by atoms with Crippen LogP contribution in [0.25, 0.3) is 0 Å². The van der Waals surface area contributed by atoms with Crippen molar-refractivity contribution in [2.75, 3.05) is 6.54 Å². The van der Waals surface area contributed by atoms with Gasteiger partial charge in [0.05, 0.1) is 11.8 Å². The highest BCUT2D eigenvalue weighted by molar-refractivity contribution is 4.71. The summed E-state index contributed by atoms with van der Waals surface area (Å²) >= 11 is 0. The molecular weight excluding hydrogens is 252 g/mol. The molecule has 116 valence electrons. The van der Waals surface area contributed by atoms with Crippen molar-refractivity contribution in [3.8, 4) is 0 Å². The maximum Gasteiger partial charge on any atom is 0.141 e.